The molecule has 70 valence electrons. The Morgan fingerprint density at radius 2 is 2.31 bits per heavy atom. The lowest BCUT2D eigenvalue weighted by atomic mass is 10.1. The first kappa shape index (κ1) is 9.75. The molecule has 0 aliphatic heterocycles. The zero-order chi connectivity index (χ0) is 9.84. The molecule has 0 unspecified atom stereocenters. The molecular weight excluding hydrogens is 166 g/mol. The number of ether oxygens (including phenoxy) is 1. The summed E-state index contributed by atoms with van der Waals surface area (Å²) >= 11 is 0. The van der Waals surface area contributed by atoms with Gasteiger partial charge in [0.15, 0.2) is 0 Å². The Morgan fingerprint density at radius 1 is 1.62 bits per heavy atom. The van der Waals surface area contributed by atoms with E-state index < -0.39 is 0 Å². The van der Waals surface area contributed by atoms with Crippen LogP contribution in [0.3, 0.4) is 0 Å². The number of nitrogens with zero attached hydrogens (tertiary/aromatic N) is 3. The van der Waals surface area contributed by atoms with Crippen LogP contribution < -0.4 is 0 Å². The van der Waals surface area contributed by atoms with Crippen LogP contribution in [-0.4, -0.2) is 16.9 Å². The lowest BCUT2D eigenvalue weighted by molar-refractivity contribution is 0.177. The predicted octanol–water partition coefficient (Wildman–Crippen LogP) is 0.941. The van der Waals surface area contributed by atoms with Crippen LogP contribution in [-0.2, 0) is 24.8 Å². The highest BCUT2D eigenvalue weighted by atomic mass is 16.5. The third-order valence-corrected chi connectivity index (χ3v) is 2.01. The average Bonchev–Trinajstić information content (AvgIpc) is 2.33. The summed E-state index contributed by atoms with van der Waals surface area (Å²) in [4.78, 5) is 0. The van der Waals surface area contributed by atoms with Gasteiger partial charge in [-0.2, -0.15) is 10.4 Å². The van der Waals surface area contributed by atoms with Gasteiger partial charge in [0.1, 0.15) is 0 Å². The van der Waals surface area contributed by atoms with Gasteiger partial charge >= 0.3 is 0 Å². The highest BCUT2D eigenvalue weighted by Gasteiger charge is 2.11. The smallest absolute Gasteiger partial charge is 0.0884 e. The molecule has 13 heavy (non-hydrogen) atoms. The lowest BCUT2D eigenvalue weighted by Gasteiger charge is -2.01. The van der Waals surface area contributed by atoms with Crippen LogP contribution in [0.25, 0.3) is 0 Å². The second kappa shape index (κ2) is 4.06. The van der Waals surface area contributed by atoms with E-state index in [4.69, 9.17) is 10.00 Å². The summed E-state index contributed by atoms with van der Waals surface area (Å²) < 4.78 is 6.81. The highest BCUT2D eigenvalue weighted by molar-refractivity contribution is 5.27. The first-order chi connectivity index (χ1) is 6.20. The number of methoxy groups -OCH3 is 1. The maximum Gasteiger partial charge on any atom is 0.0884 e. The molecule has 1 aromatic rings. The maximum absolute atomic E-state index is 8.62. The molecule has 4 heteroatoms. The fraction of sp³-hybridized carbons (Fsp3) is 0.556. The minimum atomic E-state index is 0.401. The van der Waals surface area contributed by atoms with E-state index in [1.807, 2.05) is 14.0 Å². The third-order valence-electron chi connectivity index (χ3n) is 2.01. The van der Waals surface area contributed by atoms with Gasteiger partial charge in [-0.3, -0.25) is 4.68 Å². The van der Waals surface area contributed by atoms with E-state index in [0.717, 1.165) is 17.0 Å². The van der Waals surface area contributed by atoms with Gasteiger partial charge in [0, 0.05) is 19.7 Å². The zero-order valence-electron chi connectivity index (χ0n) is 8.16. The van der Waals surface area contributed by atoms with Crippen molar-refractivity contribution < 1.29 is 4.74 Å². The van der Waals surface area contributed by atoms with Gasteiger partial charge in [-0.05, 0) is 6.92 Å². The molecule has 0 radical (unpaired) electrons. The van der Waals surface area contributed by atoms with Crippen molar-refractivity contribution in [3.05, 3.63) is 17.0 Å². The van der Waals surface area contributed by atoms with Crippen LogP contribution in [0.1, 0.15) is 17.0 Å². The molecule has 1 rings (SSSR count). The van der Waals surface area contributed by atoms with E-state index in [0.29, 0.717) is 13.0 Å². The molecule has 0 amide bonds. The van der Waals surface area contributed by atoms with E-state index in [1.54, 1.807) is 11.8 Å². The van der Waals surface area contributed by atoms with Gasteiger partial charge in [0.2, 0.25) is 0 Å². The SMILES string of the molecule is COCc1c(CC#N)c(C)nn1C. The van der Waals surface area contributed by atoms with E-state index >= 15 is 0 Å². The van der Waals surface area contributed by atoms with Gasteiger partial charge in [0.25, 0.3) is 0 Å². The van der Waals surface area contributed by atoms with Crippen LogP contribution in [0.4, 0.5) is 0 Å². The van der Waals surface area contributed by atoms with Crippen LogP contribution in [0, 0.1) is 18.3 Å². The Morgan fingerprint density at radius 3 is 2.85 bits per heavy atom. The Kier molecular flexibility index (Phi) is 3.04. The predicted molar refractivity (Wildman–Crippen MR) is 48.0 cm³/mol. The van der Waals surface area contributed by atoms with Gasteiger partial charge in [-0.1, -0.05) is 0 Å². The molecule has 1 aromatic heterocycles. The minimum absolute atomic E-state index is 0.401. The molecule has 4 nitrogen and oxygen atoms in total. The zero-order valence-corrected chi connectivity index (χ0v) is 8.16. The van der Waals surface area contributed by atoms with Crippen molar-refractivity contribution in [1.82, 2.24) is 9.78 Å². The number of aryl methyl sites for hydroxylation is 2. The Hall–Kier alpha value is -1.34. The van der Waals surface area contributed by atoms with Crippen molar-refractivity contribution in [2.45, 2.75) is 20.0 Å². The largest absolute Gasteiger partial charge is 0.378 e. The quantitative estimate of drug-likeness (QED) is 0.693. The molecule has 0 bridgehead atoms. The number of hydrogen-bond donors (Lipinski definition) is 0. The summed E-state index contributed by atoms with van der Waals surface area (Å²) in [5, 5.41) is 12.9. The summed E-state index contributed by atoms with van der Waals surface area (Å²) in [6, 6.07) is 2.13. The first-order valence-corrected chi connectivity index (χ1v) is 4.08. The van der Waals surface area contributed by atoms with Crippen LogP contribution in [0.2, 0.25) is 0 Å². The van der Waals surface area contributed by atoms with Crippen molar-refractivity contribution in [3.63, 3.8) is 0 Å². The van der Waals surface area contributed by atoms with Gasteiger partial charge < -0.3 is 4.74 Å². The second-order valence-electron chi connectivity index (χ2n) is 2.90. The molecule has 0 aliphatic carbocycles. The Balaban J connectivity index is 3.06. The van der Waals surface area contributed by atoms with Crippen LogP contribution >= 0.6 is 0 Å². The molecule has 0 spiro atoms. The van der Waals surface area contributed by atoms with Crippen molar-refractivity contribution >= 4 is 0 Å². The molecule has 1 heterocycles. The van der Waals surface area contributed by atoms with Crippen LogP contribution in [0.5, 0.6) is 0 Å². The van der Waals surface area contributed by atoms with E-state index in [2.05, 4.69) is 11.2 Å². The molecular formula is C9H13N3O. The summed E-state index contributed by atoms with van der Waals surface area (Å²) in [6.07, 6.45) is 0.401. The molecule has 0 fully saturated rings. The fourth-order valence-electron chi connectivity index (χ4n) is 1.38. The number of rotatable bonds is 3. The van der Waals surface area contributed by atoms with Gasteiger partial charge in [0.05, 0.1) is 30.5 Å². The van der Waals surface area contributed by atoms with Crippen molar-refractivity contribution in [1.29, 1.82) is 5.26 Å². The number of nitriles is 1. The number of aromatic nitrogens is 2. The molecule has 0 aromatic carbocycles. The van der Waals surface area contributed by atoms with E-state index in [9.17, 15) is 0 Å². The molecule has 0 atom stereocenters. The second-order valence-corrected chi connectivity index (χ2v) is 2.90. The lowest BCUT2D eigenvalue weighted by Crippen LogP contribution is -2.01. The fourth-order valence-corrected chi connectivity index (χ4v) is 1.38. The van der Waals surface area contributed by atoms with Crippen molar-refractivity contribution in [2.75, 3.05) is 7.11 Å². The maximum atomic E-state index is 8.62. The number of hydrogen-bond acceptors (Lipinski definition) is 3. The Labute approximate surface area is 77.7 Å². The highest BCUT2D eigenvalue weighted by Crippen LogP contribution is 2.14. The average molecular weight is 179 g/mol. The molecule has 0 N–H and O–H groups in total. The first-order valence-electron chi connectivity index (χ1n) is 4.08. The van der Waals surface area contributed by atoms with Crippen molar-refractivity contribution in [2.24, 2.45) is 7.05 Å². The third kappa shape index (κ3) is 1.87. The van der Waals surface area contributed by atoms with Gasteiger partial charge in [-0.25, -0.2) is 0 Å². The topological polar surface area (TPSA) is 50.8 Å². The molecule has 0 aliphatic rings. The van der Waals surface area contributed by atoms with E-state index in [1.165, 1.54) is 0 Å². The molecule has 0 saturated carbocycles. The summed E-state index contributed by atoms with van der Waals surface area (Å²) in [5.74, 6) is 0. The van der Waals surface area contributed by atoms with Crippen molar-refractivity contribution in [3.8, 4) is 6.07 Å². The molecule has 0 saturated heterocycles. The standard InChI is InChI=1S/C9H13N3O/c1-7-8(4-5-10)9(6-13-3)12(2)11-7/h4,6H2,1-3H3. The van der Waals surface area contributed by atoms with Crippen LogP contribution in [0.15, 0.2) is 0 Å². The Bertz CT molecular complexity index is 335. The monoisotopic (exact) mass is 179 g/mol. The summed E-state index contributed by atoms with van der Waals surface area (Å²) in [7, 11) is 3.50. The van der Waals surface area contributed by atoms with Gasteiger partial charge in [-0.15, -0.1) is 0 Å². The minimum Gasteiger partial charge on any atom is -0.378 e. The summed E-state index contributed by atoms with van der Waals surface area (Å²) in [5.41, 5.74) is 2.89. The normalized spacial score (nSPS) is 10.0. The van der Waals surface area contributed by atoms with E-state index in [-0.39, 0.29) is 0 Å². The summed E-state index contributed by atoms with van der Waals surface area (Å²) in [6.45, 7) is 2.42.